The van der Waals surface area contributed by atoms with Crippen LogP contribution in [0, 0.1) is 16.0 Å². The van der Waals surface area contributed by atoms with E-state index in [0.29, 0.717) is 50.0 Å². The number of likely N-dealkylation sites (tertiary alicyclic amines) is 1. The lowest BCUT2D eigenvalue weighted by molar-refractivity contribution is -0.384. The van der Waals surface area contributed by atoms with Crippen LogP contribution in [-0.4, -0.2) is 41.4 Å². The first kappa shape index (κ1) is 24.3. The van der Waals surface area contributed by atoms with Crippen LogP contribution in [-0.2, 0) is 17.4 Å². The van der Waals surface area contributed by atoms with Gasteiger partial charge in [0.25, 0.3) is 5.69 Å². The standard InChI is InChI=1S/C24H25ClF3N3O3/c25-20-6-2-1-4-17(20)14-19-5-3-11-30(19)23(32)16-9-12-29(13-10-16)21-8-7-18(24(26,27)28)15-22(21)31(33)34/h1-2,4,6-8,15-16,19H,3,5,9-14H2. The van der Waals surface area contributed by atoms with Crippen LogP contribution in [0.25, 0.3) is 0 Å². The second-order valence-corrected chi connectivity index (χ2v) is 9.25. The molecular formula is C24H25ClF3N3O3. The van der Waals surface area contributed by atoms with E-state index in [4.69, 9.17) is 11.6 Å². The minimum Gasteiger partial charge on any atom is -0.366 e. The largest absolute Gasteiger partial charge is 0.416 e. The molecule has 2 fully saturated rings. The Hall–Kier alpha value is -2.81. The van der Waals surface area contributed by atoms with Crippen molar-refractivity contribution in [3.8, 4) is 0 Å². The van der Waals surface area contributed by atoms with E-state index in [0.717, 1.165) is 30.5 Å². The first-order valence-electron chi connectivity index (χ1n) is 11.3. The molecule has 0 spiro atoms. The number of carbonyl (C=O) groups excluding carboxylic acids is 1. The van der Waals surface area contributed by atoms with Gasteiger partial charge in [-0.15, -0.1) is 0 Å². The van der Waals surface area contributed by atoms with Crippen LogP contribution in [0.15, 0.2) is 42.5 Å². The number of rotatable bonds is 5. The molecule has 0 N–H and O–H groups in total. The molecule has 0 aliphatic carbocycles. The number of piperidine rings is 1. The normalized spacial score (nSPS) is 19.5. The second kappa shape index (κ2) is 9.82. The molecule has 10 heteroatoms. The maximum Gasteiger partial charge on any atom is 0.416 e. The van der Waals surface area contributed by atoms with Gasteiger partial charge < -0.3 is 9.80 Å². The van der Waals surface area contributed by atoms with Crippen LogP contribution in [0.2, 0.25) is 5.02 Å². The van der Waals surface area contributed by atoms with Crippen LogP contribution in [0.3, 0.4) is 0 Å². The third kappa shape index (κ3) is 5.14. The van der Waals surface area contributed by atoms with Gasteiger partial charge in [-0.25, -0.2) is 0 Å². The van der Waals surface area contributed by atoms with Gasteiger partial charge in [-0.05, 0) is 55.9 Å². The van der Waals surface area contributed by atoms with E-state index in [1.54, 1.807) is 4.90 Å². The minimum atomic E-state index is -4.65. The van der Waals surface area contributed by atoms with Gasteiger partial charge in [0, 0.05) is 42.7 Å². The Morgan fingerprint density at radius 2 is 1.79 bits per heavy atom. The molecule has 4 rings (SSSR count). The number of amides is 1. The van der Waals surface area contributed by atoms with Crippen molar-refractivity contribution in [2.75, 3.05) is 24.5 Å². The molecule has 0 aromatic heterocycles. The molecule has 2 heterocycles. The van der Waals surface area contributed by atoms with E-state index in [-0.39, 0.29) is 23.6 Å². The maximum absolute atomic E-state index is 13.3. The molecule has 1 atom stereocenters. The summed E-state index contributed by atoms with van der Waals surface area (Å²) < 4.78 is 39.0. The highest BCUT2D eigenvalue weighted by Crippen LogP contribution is 2.38. The molecule has 6 nitrogen and oxygen atoms in total. The summed E-state index contributed by atoms with van der Waals surface area (Å²) in [7, 11) is 0. The molecule has 2 aliphatic rings. The maximum atomic E-state index is 13.3. The number of nitrogens with zero attached hydrogens (tertiary/aromatic N) is 3. The average molecular weight is 496 g/mol. The number of anilines is 1. The van der Waals surface area contributed by atoms with Gasteiger partial charge in [-0.1, -0.05) is 29.8 Å². The van der Waals surface area contributed by atoms with Crippen LogP contribution >= 0.6 is 11.6 Å². The Morgan fingerprint density at radius 1 is 1.09 bits per heavy atom. The summed E-state index contributed by atoms with van der Waals surface area (Å²) in [6.45, 7) is 1.43. The lowest BCUT2D eigenvalue weighted by Gasteiger charge is -2.36. The highest BCUT2D eigenvalue weighted by Gasteiger charge is 2.37. The van der Waals surface area contributed by atoms with Crippen LogP contribution in [0.5, 0.6) is 0 Å². The number of hydrogen-bond acceptors (Lipinski definition) is 4. The average Bonchev–Trinajstić information content (AvgIpc) is 3.27. The zero-order chi connectivity index (χ0) is 24.5. The summed E-state index contributed by atoms with van der Waals surface area (Å²) >= 11 is 6.30. The van der Waals surface area contributed by atoms with Gasteiger partial charge in [-0.3, -0.25) is 14.9 Å². The van der Waals surface area contributed by atoms with Crippen LogP contribution < -0.4 is 4.90 Å². The van der Waals surface area contributed by atoms with Gasteiger partial charge in [0.1, 0.15) is 5.69 Å². The van der Waals surface area contributed by atoms with E-state index in [1.807, 2.05) is 29.2 Å². The van der Waals surface area contributed by atoms with Crippen molar-refractivity contribution >= 4 is 28.9 Å². The molecule has 0 bridgehead atoms. The number of carbonyl (C=O) groups is 1. The molecule has 182 valence electrons. The molecule has 34 heavy (non-hydrogen) atoms. The van der Waals surface area contributed by atoms with Crippen molar-refractivity contribution in [2.45, 2.75) is 44.3 Å². The number of nitro benzene ring substituents is 1. The number of hydrogen-bond donors (Lipinski definition) is 0. The smallest absolute Gasteiger partial charge is 0.366 e. The quantitative estimate of drug-likeness (QED) is 0.393. The molecule has 0 radical (unpaired) electrons. The first-order valence-corrected chi connectivity index (χ1v) is 11.7. The fourth-order valence-electron chi connectivity index (χ4n) is 4.97. The molecule has 2 aliphatic heterocycles. The van der Waals surface area contributed by atoms with Crippen molar-refractivity contribution in [1.29, 1.82) is 0 Å². The van der Waals surface area contributed by atoms with Crippen molar-refractivity contribution in [1.82, 2.24) is 4.90 Å². The molecule has 2 saturated heterocycles. The predicted octanol–water partition coefficient (Wildman–Crippen LogP) is 5.72. The van der Waals surface area contributed by atoms with Crippen LogP contribution in [0.1, 0.15) is 36.8 Å². The summed E-state index contributed by atoms with van der Waals surface area (Å²) in [6, 6.07) is 10.3. The highest BCUT2D eigenvalue weighted by atomic mass is 35.5. The van der Waals surface area contributed by atoms with Gasteiger partial charge in [-0.2, -0.15) is 13.2 Å². The molecule has 2 aromatic carbocycles. The third-order valence-electron chi connectivity index (χ3n) is 6.76. The SMILES string of the molecule is O=C(C1CCN(c2ccc(C(F)(F)F)cc2[N+](=O)[O-])CC1)N1CCCC1Cc1ccccc1Cl. The number of halogens is 4. The summed E-state index contributed by atoms with van der Waals surface area (Å²) in [5, 5.41) is 12.1. The third-order valence-corrected chi connectivity index (χ3v) is 7.13. The van der Waals surface area contributed by atoms with Crippen molar-refractivity contribution < 1.29 is 22.9 Å². The molecular weight excluding hydrogens is 471 g/mol. The summed E-state index contributed by atoms with van der Waals surface area (Å²) in [6.07, 6.45) is -1.13. The Kier molecular flexibility index (Phi) is 7.02. The van der Waals surface area contributed by atoms with Gasteiger partial charge in [0.05, 0.1) is 10.5 Å². The summed E-state index contributed by atoms with van der Waals surface area (Å²) in [5.74, 6) is -0.132. The van der Waals surface area contributed by atoms with E-state index in [9.17, 15) is 28.1 Å². The van der Waals surface area contributed by atoms with E-state index < -0.39 is 22.4 Å². The Bertz CT molecular complexity index is 1070. The van der Waals surface area contributed by atoms with E-state index in [1.165, 1.54) is 0 Å². The van der Waals surface area contributed by atoms with E-state index >= 15 is 0 Å². The van der Waals surface area contributed by atoms with Gasteiger partial charge in [0.15, 0.2) is 0 Å². The van der Waals surface area contributed by atoms with Crippen LogP contribution in [0.4, 0.5) is 24.5 Å². The molecule has 0 saturated carbocycles. The number of nitro groups is 1. The minimum absolute atomic E-state index is 0.0797. The Balaban J connectivity index is 1.42. The monoisotopic (exact) mass is 495 g/mol. The van der Waals surface area contributed by atoms with Crippen molar-refractivity contribution in [2.24, 2.45) is 5.92 Å². The lowest BCUT2D eigenvalue weighted by Crippen LogP contribution is -2.45. The lowest BCUT2D eigenvalue weighted by atomic mass is 9.93. The fraction of sp³-hybridized carbons (Fsp3) is 0.458. The Morgan fingerprint density at radius 3 is 2.44 bits per heavy atom. The fourth-order valence-corrected chi connectivity index (χ4v) is 5.18. The molecule has 1 amide bonds. The second-order valence-electron chi connectivity index (χ2n) is 8.84. The zero-order valence-electron chi connectivity index (χ0n) is 18.4. The van der Waals surface area contributed by atoms with E-state index in [2.05, 4.69) is 0 Å². The zero-order valence-corrected chi connectivity index (χ0v) is 19.2. The summed E-state index contributed by atoms with van der Waals surface area (Å²) in [4.78, 5) is 27.6. The highest BCUT2D eigenvalue weighted by molar-refractivity contribution is 6.31. The first-order chi connectivity index (χ1) is 16.1. The van der Waals surface area contributed by atoms with Crippen molar-refractivity contribution in [3.63, 3.8) is 0 Å². The summed E-state index contributed by atoms with van der Waals surface area (Å²) in [5.41, 5.74) is -0.453. The number of benzene rings is 2. The van der Waals surface area contributed by atoms with Crippen molar-refractivity contribution in [3.05, 3.63) is 68.7 Å². The molecule has 1 unspecified atom stereocenters. The topological polar surface area (TPSA) is 66.7 Å². The number of alkyl halides is 3. The van der Waals surface area contributed by atoms with Gasteiger partial charge >= 0.3 is 6.18 Å². The predicted molar refractivity (Wildman–Crippen MR) is 123 cm³/mol. The molecule has 2 aromatic rings. The van der Waals surface area contributed by atoms with Gasteiger partial charge in [0.2, 0.25) is 5.91 Å². The Labute approximate surface area is 200 Å².